The van der Waals surface area contributed by atoms with Crippen LogP contribution in [0.1, 0.15) is 0 Å². The van der Waals surface area contributed by atoms with Crippen molar-refractivity contribution in [1.29, 1.82) is 0 Å². The molecule has 0 aliphatic carbocycles. The quantitative estimate of drug-likeness (QED) is 0.479. The molecule has 4 aromatic heterocycles. The third-order valence-corrected chi connectivity index (χ3v) is 4.48. The van der Waals surface area contributed by atoms with E-state index in [4.69, 9.17) is 46.4 Å². The molecule has 0 radical (unpaired) electrons. The highest BCUT2D eigenvalue weighted by atomic mass is 35.5. The maximum Gasteiger partial charge on any atom is 0.466 e. The fourth-order valence-corrected chi connectivity index (χ4v) is 3.32. The molecule has 128 valence electrons. The van der Waals surface area contributed by atoms with Crippen molar-refractivity contribution in [3.63, 3.8) is 0 Å². The van der Waals surface area contributed by atoms with E-state index < -0.39 is 6.69 Å². The molecule has 25 heavy (non-hydrogen) atoms. The number of aromatic nitrogens is 8. The summed E-state index contributed by atoms with van der Waals surface area (Å²) < 4.78 is 6.33. The first-order chi connectivity index (χ1) is 12.0. The van der Waals surface area contributed by atoms with Gasteiger partial charge in [-0.2, -0.15) is 0 Å². The summed E-state index contributed by atoms with van der Waals surface area (Å²) in [5.74, 6) is 0. The van der Waals surface area contributed by atoms with Gasteiger partial charge in [0.05, 0.1) is 44.9 Å². The van der Waals surface area contributed by atoms with Gasteiger partial charge in [0.2, 0.25) is 0 Å². The summed E-state index contributed by atoms with van der Waals surface area (Å²) in [6, 6.07) is 0. The van der Waals surface area contributed by atoms with E-state index in [2.05, 4.69) is 20.4 Å². The first kappa shape index (κ1) is 16.5. The van der Waals surface area contributed by atoms with Crippen LogP contribution in [0, 0.1) is 0 Å². The number of rotatable bonds is 4. The fourth-order valence-electron chi connectivity index (χ4n) is 2.74. The van der Waals surface area contributed by atoms with Crippen molar-refractivity contribution in [2.24, 2.45) is 0 Å². The summed E-state index contributed by atoms with van der Waals surface area (Å²) in [4.78, 5) is 0. The Bertz CT molecular complexity index is 867. The van der Waals surface area contributed by atoms with Gasteiger partial charge in [0.25, 0.3) is 0 Å². The lowest BCUT2D eigenvalue weighted by Crippen LogP contribution is -2.65. The second kappa shape index (κ2) is 6.10. The largest absolute Gasteiger partial charge is 0.466 e. The first-order valence-corrected chi connectivity index (χ1v) is 8.48. The number of halogens is 4. The molecular weight excluding hydrogens is 409 g/mol. The number of nitrogens with zero attached hydrogens (tertiary/aromatic N) is 8. The van der Waals surface area contributed by atoms with Crippen molar-refractivity contribution < 1.29 is 0 Å². The summed E-state index contributed by atoms with van der Waals surface area (Å²) in [6.45, 7) is -2.25. The van der Waals surface area contributed by atoms with Gasteiger partial charge in [-0.25, -0.2) is 20.4 Å². The minimum atomic E-state index is -2.25. The molecule has 0 bridgehead atoms. The van der Waals surface area contributed by atoms with Gasteiger partial charge in [-0.1, -0.05) is 46.4 Å². The van der Waals surface area contributed by atoms with Crippen LogP contribution in [0.4, 0.5) is 0 Å². The van der Waals surface area contributed by atoms with Crippen molar-refractivity contribution in [3.05, 3.63) is 69.7 Å². The predicted octanol–water partition coefficient (Wildman–Crippen LogP) is 3.01. The standard InChI is InChI=1S/C12H8BCl4N8/c14-9-1-18-22(5-9)13(23-6-10(15)2-19-23,24-7-11(16)3-20-24)25-8-12(17)4-21-25/h1-8H/q-1. The summed E-state index contributed by atoms with van der Waals surface area (Å²) in [6.07, 6.45) is 12.5. The van der Waals surface area contributed by atoms with Crippen LogP contribution in [0.25, 0.3) is 0 Å². The van der Waals surface area contributed by atoms with Crippen molar-refractivity contribution in [1.82, 2.24) is 38.8 Å². The van der Waals surface area contributed by atoms with Gasteiger partial charge in [-0.3, -0.25) is 0 Å². The Morgan fingerprint density at radius 1 is 0.520 bits per heavy atom. The van der Waals surface area contributed by atoms with Gasteiger partial charge < -0.3 is 18.4 Å². The molecule has 0 spiro atoms. The lowest BCUT2D eigenvalue weighted by atomic mass is 9.75. The Morgan fingerprint density at radius 2 is 0.760 bits per heavy atom. The molecule has 0 aliphatic heterocycles. The summed E-state index contributed by atoms with van der Waals surface area (Å²) >= 11 is 24.4. The molecule has 4 aromatic rings. The van der Waals surface area contributed by atoms with Crippen molar-refractivity contribution in [2.45, 2.75) is 0 Å². The van der Waals surface area contributed by atoms with E-state index >= 15 is 0 Å². The Morgan fingerprint density at radius 3 is 0.920 bits per heavy atom. The van der Waals surface area contributed by atoms with E-state index in [1.165, 1.54) is 24.8 Å². The minimum absolute atomic E-state index is 0.431. The average molecular weight is 417 g/mol. The van der Waals surface area contributed by atoms with Crippen LogP contribution in [-0.4, -0.2) is 45.5 Å². The predicted molar refractivity (Wildman–Crippen MR) is 96.3 cm³/mol. The van der Waals surface area contributed by atoms with Crippen LogP contribution < -0.4 is 0 Å². The van der Waals surface area contributed by atoms with Gasteiger partial charge in [-0.15, -0.1) is 0 Å². The SMILES string of the molecule is Clc1cnn([B-](n2cc(Cl)cn2)(n2cc(Cl)cn2)n2cc(Cl)cn2)c1. The molecule has 0 aromatic carbocycles. The van der Waals surface area contributed by atoms with E-state index in [0.717, 1.165) is 0 Å². The summed E-state index contributed by atoms with van der Waals surface area (Å²) in [5, 5.41) is 19.1. The molecule has 0 saturated carbocycles. The van der Waals surface area contributed by atoms with Crippen LogP contribution in [0.3, 0.4) is 0 Å². The Kier molecular flexibility index (Phi) is 4.03. The molecule has 0 N–H and O–H groups in total. The molecule has 0 aliphatic rings. The van der Waals surface area contributed by atoms with E-state index in [9.17, 15) is 0 Å². The van der Waals surface area contributed by atoms with Crippen molar-refractivity contribution >= 4 is 53.1 Å². The van der Waals surface area contributed by atoms with E-state index in [1.807, 2.05) is 0 Å². The molecule has 13 heteroatoms. The zero-order chi connectivity index (χ0) is 17.6. The lowest BCUT2D eigenvalue weighted by molar-refractivity contribution is 0.655. The van der Waals surface area contributed by atoms with E-state index in [0.29, 0.717) is 20.1 Å². The van der Waals surface area contributed by atoms with Crippen LogP contribution in [0.2, 0.25) is 20.1 Å². The van der Waals surface area contributed by atoms with E-state index in [1.54, 1.807) is 43.2 Å². The Balaban J connectivity index is 2.11. The molecule has 0 amide bonds. The van der Waals surface area contributed by atoms with Gasteiger partial charge in [0.15, 0.2) is 0 Å². The monoisotopic (exact) mass is 415 g/mol. The van der Waals surface area contributed by atoms with Crippen LogP contribution in [-0.2, 0) is 0 Å². The molecule has 0 unspecified atom stereocenters. The second-order valence-electron chi connectivity index (χ2n) is 5.25. The third kappa shape index (κ3) is 2.63. The molecule has 8 nitrogen and oxygen atoms in total. The van der Waals surface area contributed by atoms with Gasteiger partial charge in [0, 0.05) is 24.8 Å². The number of hydrogen-bond donors (Lipinski definition) is 0. The highest BCUT2D eigenvalue weighted by Crippen LogP contribution is 2.22. The van der Waals surface area contributed by atoms with Crippen LogP contribution in [0.5, 0.6) is 0 Å². The van der Waals surface area contributed by atoms with Crippen molar-refractivity contribution in [3.8, 4) is 0 Å². The van der Waals surface area contributed by atoms with Crippen LogP contribution in [0.15, 0.2) is 49.6 Å². The zero-order valence-corrected chi connectivity index (χ0v) is 15.3. The van der Waals surface area contributed by atoms with Gasteiger partial charge >= 0.3 is 6.69 Å². The normalized spacial score (nSPS) is 12.0. The molecular formula is C12H8BCl4N8-. The highest BCUT2D eigenvalue weighted by Gasteiger charge is 2.40. The average Bonchev–Trinajstić information content (AvgIpc) is 3.33. The molecule has 0 saturated heterocycles. The summed E-state index contributed by atoms with van der Waals surface area (Å²) in [5.41, 5.74) is 0. The third-order valence-electron chi connectivity index (χ3n) is 3.70. The summed E-state index contributed by atoms with van der Waals surface area (Å²) in [7, 11) is 0. The molecule has 4 rings (SSSR count). The van der Waals surface area contributed by atoms with Gasteiger partial charge in [0.1, 0.15) is 0 Å². The maximum atomic E-state index is 6.10. The van der Waals surface area contributed by atoms with E-state index in [-0.39, 0.29) is 0 Å². The Labute approximate surface area is 161 Å². The maximum absolute atomic E-state index is 6.10. The molecule has 4 heterocycles. The smallest absolute Gasteiger partial charge is 0.378 e. The second-order valence-corrected chi connectivity index (χ2v) is 6.99. The topological polar surface area (TPSA) is 71.3 Å². The Hall–Kier alpha value is -1.94. The minimum Gasteiger partial charge on any atom is -0.378 e. The van der Waals surface area contributed by atoms with Crippen LogP contribution >= 0.6 is 46.4 Å². The molecule has 0 atom stereocenters. The zero-order valence-electron chi connectivity index (χ0n) is 12.3. The lowest BCUT2D eigenvalue weighted by Gasteiger charge is -2.41. The highest BCUT2D eigenvalue weighted by molar-refractivity contribution is 6.73. The molecule has 0 fully saturated rings. The van der Waals surface area contributed by atoms with Gasteiger partial charge in [-0.05, 0) is 0 Å². The first-order valence-electron chi connectivity index (χ1n) is 6.96. The van der Waals surface area contributed by atoms with Crippen molar-refractivity contribution in [2.75, 3.05) is 0 Å². The fraction of sp³-hybridized carbons (Fsp3) is 0. The number of hydrogen-bond acceptors (Lipinski definition) is 4.